The molecule has 4 unspecified atom stereocenters. The second-order valence-corrected chi connectivity index (χ2v) is 3.54. The Bertz CT molecular complexity index is 135. The van der Waals surface area contributed by atoms with Gasteiger partial charge in [-0.15, -0.1) is 0 Å². The first kappa shape index (κ1) is 7.53. The van der Waals surface area contributed by atoms with E-state index >= 15 is 0 Å². The van der Waals surface area contributed by atoms with Gasteiger partial charge in [-0.05, 0) is 19.4 Å². The van der Waals surface area contributed by atoms with Gasteiger partial charge in [-0.3, -0.25) is 0 Å². The van der Waals surface area contributed by atoms with Gasteiger partial charge in [-0.1, -0.05) is 0 Å². The van der Waals surface area contributed by atoms with Crippen LogP contribution < -0.4 is 5.73 Å². The Labute approximate surface area is 66.5 Å². The maximum absolute atomic E-state index is 9.05. The highest BCUT2D eigenvalue weighted by Gasteiger charge is 2.47. The molecule has 2 bridgehead atoms. The van der Waals surface area contributed by atoms with Crippen LogP contribution in [0, 0.1) is 11.8 Å². The van der Waals surface area contributed by atoms with Gasteiger partial charge in [0.05, 0.1) is 12.2 Å². The number of fused-ring (bicyclic) bond motifs is 2. The number of hydrogen-bond acceptors (Lipinski definition) is 3. The molecule has 0 radical (unpaired) electrons. The van der Waals surface area contributed by atoms with Gasteiger partial charge in [0.25, 0.3) is 0 Å². The van der Waals surface area contributed by atoms with E-state index in [0.717, 1.165) is 12.8 Å². The third-order valence-electron chi connectivity index (χ3n) is 3.07. The predicted octanol–water partition coefficient (Wildman–Crippen LogP) is -0.269. The van der Waals surface area contributed by atoms with Gasteiger partial charge >= 0.3 is 0 Å². The Hall–Kier alpha value is -0.120. The molecule has 2 saturated heterocycles. The van der Waals surface area contributed by atoms with E-state index in [9.17, 15) is 0 Å². The van der Waals surface area contributed by atoms with Crippen LogP contribution in [0.5, 0.6) is 0 Å². The van der Waals surface area contributed by atoms with E-state index in [1.54, 1.807) is 0 Å². The first-order valence-corrected chi connectivity index (χ1v) is 4.33. The number of ether oxygens (including phenoxy) is 1. The molecule has 0 aliphatic carbocycles. The van der Waals surface area contributed by atoms with Crippen molar-refractivity contribution in [2.45, 2.75) is 25.0 Å². The molecule has 0 spiro atoms. The Balaban J connectivity index is 2.08. The van der Waals surface area contributed by atoms with Gasteiger partial charge < -0.3 is 15.6 Å². The highest BCUT2D eigenvalue weighted by atomic mass is 16.5. The Kier molecular flexibility index (Phi) is 1.87. The molecule has 0 aromatic rings. The highest BCUT2D eigenvalue weighted by Crippen LogP contribution is 2.42. The normalized spacial score (nSPS) is 48.5. The number of hydrogen-bond donors (Lipinski definition) is 2. The van der Waals surface area contributed by atoms with Crippen LogP contribution in [0.4, 0.5) is 0 Å². The topological polar surface area (TPSA) is 55.5 Å². The van der Waals surface area contributed by atoms with E-state index in [4.69, 9.17) is 15.6 Å². The molecule has 64 valence electrons. The van der Waals surface area contributed by atoms with Gasteiger partial charge in [0, 0.05) is 18.4 Å². The largest absolute Gasteiger partial charge is 0.396 e. The van der Waals surface area contributed by atoms with Crippen molar-refractivity contribution in [2.24, 2.45) is 17.6 Å². The first-order chi connectivity index (χ1) is 5.36. The molecule has 4 atom stereocenters. The third kappa shape index (κ3) is 0.991. The summed E-state index contributed by atoms with van der Waals surface area (Å²) in [6, 6.07) is 0. The van der Waals surface area contributed by atoms with E-state index in [1.165, 1.54) is 0 Å². The predicted molar refractivity (Wildman–Crippen MR) is 41.0 cm³/mol. The summed E-state index contributed by atoms with van der Waals surface area (Å²) in [4.78, 5) is 0. The molecule has 0 saturated carbocycles. The van der Waals surface area contributed by atoms with Crippen LogP contribution in [0.15, 0.2) is 0 Å². The highest BCUT2D eigenvalue weighted by molar-refractivity contribution is 4.96. The molecule has 3 N–H and O–H groups in total. The quantitative estimate of drug-likeness (QED) is 0.580. The van der Waals surface area contributed by atoms with Crippen molar-refractivity contribution in [1.29, 1.82) is 0 Å². The molecule has 0 aromatic carbocycles. The van der Waals surface area contributed by atoms with Crippen molar-refractivity contribution >= 4 is 0 Å². The maximum atomic E-state index is 9.05. The van der Waals surface area contributed by atoms with E-state index in [2.05, 4.69) is 0 Å². The minimum atomic E-state index is 0.239. The Morgan fingerprint density at radius 2 is 1.91 bits per heavy atom. The first-order valence-electron chi connectivity index (χ1n) is 4.33. The smallest absolute Gasteiger partial charge is 0.0634 e. The van der Waals surface area contributed by atoms with E-state index < -0.39 is 0 Å². The summed E-state index contributed by atoms with van der Waals surface area (Å²) in [5.74, 6) is 0.734. The van der Waals surface area contributed by atoms with Crippen molar-refractivity contribution in [2.75, 3.05) is 13.2 Å². The van der Waals surface area contributed by atoms with Gasteiger partial charge in [-0.2, -0.15) is 0 Å². The summed E-state index contributed by atoms with van der Waals surface area (Å²) in [5.41, 5.74) is 5.60. The van der Waals surface area contributed by atoms with E-state index in [0.29, 0.717) is 30.6 Å². The lowest BCUT2D eigenvalue weighted by Gasteiger charge is -2.24. The van der Waals surface area contributed by atoms with Crippen LogP contribution in [0.25, 0.3) is 0 Å². The maximum Gasteiger partial charge on any atom is 0.0634 e. The summed E-state index contributed by atoms with van der Waals surface area (Å²) in [6.07, 6.45) is 2.91. The van der Waals surface area contributed by atoms with Crippen molar-refractivity contribution in [3.63, 3.8) is 0 Å². The molecule has 0 amide bonds. The molecule has 2 heterocycles. The molecule has 2 aliphatic heterocycles. The zero-order valence-electron chi connectivity index (χ0n) is 6.57. The fraction of sp³-hybridized carbons (Fsp3) is 1.00. The van der Waals surface area contributed by atoms with Gasteiger partial charge in [-0.25, -0.2) is 0 Å². The lowest BCUT2D eigenvalue weighted by atomic mass is 9.80. The van der Waals surface area contributed by atoms with Crippen molar-refractivity contribution in [3.05, 3.63) is 0 Å². The number of nitrogens with two attached hydrogens (primary N) is 1. The number of aliphatic hydroxyl groups excluding tert-OH is 1. The van der Waals surface area contributed by atoms with Crippen LogP contribution >= 0.6 is 0 Å². The van der Waals surface area contributed by atoms with Crippen molar-refractivity contribution in [3.8, 4) is 0 Å². The zero-order valence-corrected chi connectivity index (χ0v) is 6.57. The Morgan fingerprint density at radius 3 is 2.36 bits per heavy atom. The second kappa shape index (κ2) is 2.73. The molecule has 2 aliphatic rings. The second-order valence-electron chi connectivity index (χ2n) is 3.54. The zero-order chi connectivity index (χ0) is 7.84. The summed E-state index contributed by atoms with van der Waals surface area (Å²) in [7, 11) is 0. The summed E-state index contributed by atoms with van der Waals surface area (Å²) in [6.45, 7) is 0.898. The summed E-state index contributed by atoms with van der Waals surface area (Å²) >= 11 is 0. The number of aliphatic hydroxyl groups is 1. The molecule has 2 rings (SSSR count). The summed E-state index contributed by atoms with van der Waals surface area (Å²) in [5, 5.41) is 9.05. The minimum Gasteiger partial charge on any atom is -0.396 e. The standard InChI is InChI=1S/C8H15NO2/c9-3-5-6(4-10)8-2-1-7(5)11-8/h5-8,10H,1-4,9H2. The molecular weight excluding hydrogens is 142 g/mol. The van der Waals surface area contributed by atoms with E-state index in [1.807, 2.05) is 0 Å². The molecule has 3 nitrogen and oxygen atoms in total. The van der Waals surface area contributed by atoms with Crippen molar-refractivity contribution in [1.82, 2.24) is 0 Å². The molecular formula is C8H15NO2. The monoisotopic (exact) mass is 157 g/mol. The Morgan fingerprint density at radius 1 is 1.27 bits per heavy atom. The average molecular weight is 157 g/mol. The molecule has 0 aromatic heterocycles. The van der Waals surface area contributed by atoms with Crippen LogP contribution in [0.3, 0.4) is 0 Å². The summed E-state index contributed by atoms with van der Waals surface area (Å²) < 4.78 is 5.64. The SMILES string of the molecule is NCC1C2CCC(O2)C1CO. The fourth-order valence-electron chi connectivity index (χ4n) is 2.45. The fourth-order valence-corrected chi connectivity index (χ4v) is 2.45. The van der Waals surface area contributed by atoms with Gasteiger partial charge in [0.1, 0.15) is 0 Å². The lowest BCUT2D eigenvalue weighted by molar-refractivity contribution is 0.0787. The van der Waals surface area contributed by atoms with Crippen LogP contribution in [-0.2, 0) is 4.74 Å². The minimum absolute atomic E-state index is 0.239. The third-order valence-corrected chi connectivity index (χ3v) is 3.07. The molecule has 3 heteroatoms. The van der Waals surface area contributed by atoms with Gasteiger partial charge in [0.15, 0.2) is 0 Å². The number of rotatable bonds is 2. The average Bonchev–Trinajstić information content (AvgIpc) is 2.60. The lowest BCUT2D eigenvalue weighted by Crippen LogP contribution is -2.34. The van der Waals surface area contributed by atoms with Crippen LogP contribution in [0.1, 0.15) is 12.8 Å². The van der Waals surface area contributed by atoms with Crippen molar-refractivity contribution < 1.29 is 9.84 Å². The molecule has 2 fully saturated rings. The van der Waals surface area contributed by atoms with Gasteiger partial charge in [0.2, 0.25) is 0 Å². The van der Waals surface area contributed by atoms with Crippen LogP contribution in [-0.4, -0.2) is 30.5 Å². The molecule has 11 heavy (non-hydrogen) atoms. The van der Waals surface area contributed by atoms with E-state index in [-0.39, 0.29) is 6.61 Å². The van der Waals surface area contributed by atoms with Crippen LogP contribution in [0.2, 0.25) is 0 Å².